The number of carbonyl (C=O) groups is 2. The van der Waals surface area contributed by atoms with Crippen molar-refractivity contribution in [1.82, 2.24) is 9.80 Å². The van der Waals surface area contributed by atoms with Crippen LogP contribution in [0.5, 0.6) is 11.5 Å². The monoisotopic (exact) mass is 724 g/mol. The van der Waals surface area contributed by atoms with Crippen molar-refractivity contribution in [3.63, 3.8) is 0 Å². The minimum Gasteiger partial charge on any atom is -0.493 e. The predicted molar refractivity (Wildman–Crippen MR) is 204 cm³/mol. The van der Waals surface area contributed by atoms with Crippen molar-refractivity contribution in [3.05, 3.63) is 154 Å². The molecular formula is C45H44N2O7. The van der Waals surface area contributed by atoms with Crippen molar-refractivity contribution >= 4 is 11.8 Å². The van der Waals surface area contributed by atoms with Crippen LogP contribution in [-0.4, -0.2) is 60.1 Å². The molecular weight excluding hydrogens is 681 g/mol. The van der Waals surface area contributed by atoms with Gasteiger partial charge in [0, 0.05) is 31.1 Å². The number of nitrogens with zero attached hydrogens (tertiary/aromatic N) is 2. The van der Waals surface area contributed by atoms with E-state index >= 15 is 0 Å². The number of hydrogen-bond donors (Lipinski definition) is 1. The summed E-state index contributed by atoms with van der Waals surface area (Å²) in [6, 6.07) is 35.3. The molecule has 3 heterocycles. The lowest BCUT2D eigenvalue weighted by molar-refractivity contribution is -0.276. The first-order chi connectivity index (χ1) is 26.3. The van der Waals surface area contributed by atoms with Crippen molar-refractivity contribution in [2.75, 3.05) is 27.3 Å². The van der Waals surface area contributed by atoms with Gasteiger partial charge in [0.25, 0.3) is 11.8 Å². The lowest BCUT2D eigenvalue weighted by Gasteiger charge is -2.43. The van der Waals surface area contributed by atoms with Gasteiger partial charge in [-0.2, -0.15) is 0 Å². The number of amides is 2. The number of methoxy groups -OCH3 is 2. The Kier molecular flexibility index (Phi) is 10.0. The highest BCUT2D eigenvalue weighted by Gasteiger charge is 2.40. The zero-order valence-corrected chi connectivity index (χ0v) is 30.7. The number of rotatable bonds is 10. The summed E-state index contributed by atoms with van der Waals surface area (Å²) in [6.45, 7) is 4.79. The summed E-state index contributed by atoms with van der Waals surface area (Å²) < 4.78 is 24.7. The molecule has 1 N–H and O–H groups in total. The zero-order chi connectivity index (χ0) is 37.3. The SMILES string of the molecule is COc1cc2c(cc1OC)CN(CC1OC(c3ccc(-c4cccc(CN5C(=O)c6ccccc6C5=O)c4)cc3)OC(c3ccc(CO)cc3)C1C)CC2. The van der Waals surface area contributed by atoms with Crippen LogP contribution in [0.4, 0.5) is 0 Å². The molecule has 0 spiro atoms. The summed E-state index contributed by atoms with van der Waals surface area (Å²) in [7, 11) is 3.34. The molecule has 4 unspecified atom stereocenters. The van der Waals surface area contributed by atoms with E-state index in [2.05, 4.69) is 36.1 Å². The largest absolute Gasteiger partial charge is 0.493 e. The maximum atomic E-state index is 13.0. The van der Waals surface area contributed by atoms with Gasteiger partial charge in [-0.3, -0.25) is 19.4 Å². The normalized spacial score (nSPS) is 21.1. The van der Waals surface area contributed by atoms with Gasteiger partial charge in [0.15, 0.2) is 17.8 Å². The fourth-order valence-electron chi connectivity index (χ4n) is 7.93. The van der Waals surface area contributed by atoms with E-state index in [-0.39, 0.29) is 43.1 Å². The molecule has 9 heteroatoms. The number of ether oxygens (including phenoxy) is 4. The molecule has 9 nitrogen and oxygen atoms in total. The number of aliphatic hydroxyl groups excluding tert-OH is 1. The summed E-state index contributed by atoms with van der Waals surface area (Å²) in [5.74, 6) is 1.01. The third kappa shape index (κ3) is 6.92. The number of carbonyl (C=O) groups excluding carboxylic acids is 2. The molecule has 5 aromatic carbocycles. The van der Waals surface area contributed by atoms with Crippen LogP contribution >= 0.6 is 0 Å². The molecule has 3 aliphatic rings. The van der Waals surface area contributed by atoms with Crippen molar-refractivity contribution in [2.24, 2.45) is 5.92 Å². The molecule has 0 aromatic heterocycles. The van der Waals surface area contributed by atoms with E-state index in [1.54, 1.807) is 38.5 Å². The molecule has 1 fully saturated rings. The number of benzene rings is 5. The molecule has 0 radical (unpaired) electrons. The minimum absolute atomic E-state index is 0.0131. The maximum absolute atomic E-state index is 13.0. The third-order valence-electron chi connectivity index (χ3n) is 11.0. The average Bonchev–Trinajstić information content (AvgIpc) is 3.45. The molecule has 4 atom stereocenters. The van der Waals surface area contributed by atoms with Crippen LogP contribution in [-0.2, 0) is 35.6 Å². The van der Waals surface area contributed by atoms with Crippen LogP contribution in [0.15, 0.2) is 109 Å². The second kappa shape index (κ2) is 15.2. The number of fused-ring (bicyclic) bond motifs is 2. The summed E-state index contributed by atoms with van der Waals surface area (Å²) in [6.07, 6.45) is -0.0266. The predicted octanol–water partition coefficient (Wildman–Crippen LogP) is 7.51. The average molecular weight is 725 g/mol. The lowest BCUT2D eigenvalue weighted by Crippen LogP contribution is -2.45. The molecule has 8 rings (SSSR count). The van der Waals surface area contributed by atoms with E-state index in [9.17, 15) is 14.7 Å². The molecule has 1 saturated heterocycles. The first-order valence-electron chi connectivity index (χ1n) is 18.4. The Bertz CT molecular complexity index is 2130. The van der Waals surface area contributed by atoms with Crippen LogP contribution in [0.3, 0.4) is 0 Å². The molecule has 0 bridgehead atoms. The van der Waals surface area contributed by atoms with Gasteiger partial charge in [0.1, 0.15) is 0 Å². The molecule has 0 saturated carbocycles. The first-order valence-corrected chi connectivity index (χ1v) is 18.4. The van der Waals surface area contributed by atoms with Crippen LogP contribution in [0.25, 0.3) is 11.1 Å². The van der Waals surface area contributed by atoms with Crippen LogP contribution in [0.1, 0.15) is 73.4 Å². The summed E-state index contributed by atoms with van der Waals surface area (Å²) in [5, 5.41) is 9.68. The van der Waals surface area contributed by atoms with Crippen molar-refractivity contribution in [2.45, 2.75) is 51.5 Å². The minimum atomic E-state index is -0.593. The van der Waals surface area contributed by atoms with Crippen molar-refractivity contribution in [3.8, 4) is 22.6 Å². The van der Waals surface area contributed by atoms with Gasteiger partial charge < -0.3 is 24.1 Å². The van der Waals surface area contributed by atoms with Gasteiger partial charge >= 0.3 is 0 Å². The van der Waals surface area contributed by atoms with Gasteiger partial charge in [-0.1, -0.05) is 85.8 Å². The second-order valence-corrected chi connectivity index (χ2v) is 14.3. The summed E-state index contributed by atoms with van der Waals surface area (Å²) >= 11 is 0. The highest BCUT2D eigenvalue weighted by molar-refractivity contribution is 6.21. The van der Waals surface area contributed by atoms with E-state index in [1.165, 1.54) is 16.0 Å². The molecule has 54 heavy (non-hydrogen) atoms. The Morgan fingerprint density at radius 1 is 0.722 bits per heavy atom. The Labute approximate surface area is 315 Å². The van der Waals surface area contributed by atoms with E-state index in [0.29, 0.717) is 11.1 Å². The van der Waals surface area contributed by atoms with Crippen LogP contribution < -0.4 is 9.47 Å². The molecule has 0 aliphatic carbocycles. The molecule has 5 aromatic rings. The smallest absolute Gasteiger partial charge is 0.261 e. The van der Waals surface area contributed by atoms with Crippen LogP contribution in [0.2, 0.25) is 0 Å². The van der Waals surface area contributed by atoms with E-state index in [4.69, 9.17) is 18.9 Å². The number of imide groups is 1. The van der Waals surface area contributed by atoms with E-state index in [1.807, 2.05) is 60.7 Å². The van der Waals surface area contributed by atoms with Gasteiger partial charge in [-0.25, -0.2) is 0 Å². The summed E-state index contributed by atoms with van der Waals surface area (Å²) in [5.41, 5.74) is 9.07. The van der Waals surface area contributed by atoms with Crippen LogP contribution in [0, 0.1) is 5.92 Å². The van der Waals surface area contributed by atoms with Gasteiger partial charge in [-0.05, 0) is 75.7 Å². The second-order valence-electron chi connectivity index (χ2n) is 14.3. The van der Waals surface area contributed by atoms with Gasteiger partial charge in [0.2, 0.25) is 0 Å². The lowest BCUT2D eigenvalue weighted by atomic mass is 9.89. The van der Waals surface area contributed by atoms with Gasteiger partial charge in [-0.15, -0.1) is 0 Å². The Hall–Kier alpha value is -5.32. The quantitative estimate of drug-likeness (QED) is 0.148. The zero-order valence-electron chi connectivity index (χ0n) is 30.7. The van der Waals surface area contributed by atoms with E-state index < -0.39 is 6.29 Å². The molecule has 2 amide bonds. The maximum Gasteiger partial charge on any atom is 0.261 e. The molecule has 276 valence electrons. The fraction of sp³-hybridized carbons (Fsp3) is 0.289. The van der Waals surface area contributed by atoms with Crippen molar-refractivity contribution < 1.29 is 33.6 Å². The highest BCUT2D eigenvalue weighted by atomic mass is 16.7. The van der Waals surface area contributed by atoms with E-state index in [0.717, 1.165) is 70.9 Å². The number of aliphatic hydroxyl groups is 1. The fourth-order valence-corrected chi connectivity index (χ4v) is 7.93. The topological polar surface area (TPSA) is 97.8 Å². The number of hydrogen-bond acceptors (Lipinski definition) is 8. The van der Waals surface area contributed by atoms with Crippen molar-refractivity contribution in [1.29, 1.82) is 0 Å². The first kappa shape index (κ1) is 35.7. The highest BCUT2D eigenvalue weighted by Crippen LogP contribution is 2.43. The molecule has 3 aliphatic heterocycles. The Morgan fingerprint density at radius 2 is 1.39 bits per heavy atom. The third-order valence-corrected chi connectivity index (χ3v) is 11.0. The Morgan fingerprint density at radius 3 is 2.06 bits per heavy atom. The Balaban J connectivity index is 1.01. The standard InChI is InChI=1S/C45H44N2O7/c1-28-41(26-46-20-19-35-22-39(51-2)40(52-3)23-36(35)25-46)53-45(54-42(28)32-13-11-29(27-48)12-14-32)33-17-15-31(16-18-33)34-8-6-7-30(21-34)24-47-43(49)37-9-4-5-10-38(37)44(47)50/h4-18,21-23,28,41-42,45,48H,19-20,24-27H2,1-3H3. The summed E-state index contributed by atoms with van der Waals surface area (Å²) in [4.78, 5) is 29.8. The van der Waals surface area contributed by atoms with Gasteiger partial charge in [0.05, 0.1) is 50.7 Å².